The van der Waals surface area contributed by atoms with Crippen LogP contribution < -0.4 is 16.8 Å². The molecule has 1 aromatic carbocycles. The lowest BCUT2D eigenvalue weighted by Crippen LogP contribution is -2.18. The molecule has 0 fully saturated rings. The molecule has 5 heteroatoms. The van der Waals surface area contributed by atoms with Gasteiger partial charge in [0.2, 0.25) is 0 Å². The number of hydrogen-bond acceptors (Lipinski definition) is 4. The first-order valence-corrected chi connectivity index (χ1v) is 5.59. The van der Waals surface area contributed by atoms with Crippen LogP contribution in [0.15, 0.2) is 18.2 Å². The third-order valence-electron chi connectivity index (χ3n) is 2.47. The maximum atomic E-state index is 11.1. The van der Waals surface area contributed by atoms with Crippen molar-refractivity contribution in [1.82, 2.24) is 4.90 Å². The number of para-hydroxylation sites is 1. The number of carbonyl (C=O) groups is 1. The summed E-state index contributed by atoms with van der Waals surface area (Å²) in [5.74, 6) is -0.501. The minimum Gasteiger partial charge on any atom is -0.396 e. The Morgan fingerprint density at radius 2 is 2.12 bits per heavy atom. The summed E-state index contributed by atoms with van der Waals surface area (Å²) < 4.78 is 0. The monoisotopic (exact) mass is 236 g/mol. The van der Waals surface area contributed by atoms with E-state index in [0.717, 1.165) is 25.2 Å². The number of nitrogen functional groups attached to an aromatic ring is 1. The molecule has 0 atom stereocenters. The molecule has 94 valence electrons. The van der Waals surface area contributed by atoms with E-state index in [1.807, 2.05) is 20.2 Å². The summed E-state index contributed by atoms with van der Waals surface area (Å²) in [6, 6.07) is 5.24. The molecule has 0 bridgehead atoms. The summed E-state index contributed by atoms with van der Waals surface area (Å²) in [6.45, 7) is 1.81. The number of amides is 1. The first-order chi connectivity index (χ1) is 8.02. The van der Waals surface area contributed by atoms with Crippen molar-refractivity contribution in [1.29, 1.82) is 0 Å². The number of primary amides is 1. The molecular weight excluding hydrogens is 216 g/mol. The molecule has 5 nitrogen and oxygen atoms in total. The van der Waals surface area contributed by atoms with Gasteiger partial charge in [0.15, 0.2) is 0 Å². The average Bonchev–Trinajstić information content (AvgIpc) is 2.25. The van der Waals surface area contributed by atoms with Gasteiger partial charge in [-0.15, -0.1) is 0 Å². The van der Waals surface area contributed by atoms with Crippen molar-refractivity contribution in [2.45, 2.75) is 6.42 Å². The highest BCUT2D eigenvalue weighted by Crippen LogP contribution is 2.22. The lowest BCUT2D eigenvalue weighted by molar-refractivity contribution is 0.100. The fourth-order valence-electron chi connectivity index (χ4n) is 1.55. The quantitative estimate of drug-likeness (QED) is 0.502. The highest BCUT2D eigenvalue weighted by molar-refractivity contribution is 6.00. The smallest absolute Gasteiger partial charge is 0.250 e. The van der Waals surface area contributed by atoms with E-state index in [1.54, 1.807) is 12.1 Å². The number of benzene rings is 1. The maximum Gasteiger partial charge on any atom is 0.250 e. The Bertz CT molecular complexity index is 390. The molecule has 17 heavy (non-hydrogen) atoms. The number of hydrogen-bond donors (Lipinski definition) is 3. The molecule has 1 aromatic rings. The first kappa shape index (κ1) is 13.3. The number of anilines is 2. The fourth-order valence-corrected chi connectivity index (χ4v) is 1.55. The third kappa shape index (κ3) is 3.96. The van der Waals surface area contributed by atoms with E-state index in [1.165, 1.54) is 0 Å². The molecule has 1 amide bonds. The lowest BCUT2D eigenvalue weighted by Gasteiger charge is -2.13. The van der Waals surface area contributed by atoms with Crippen molar-refractivity contribution in [2.24, 2.45) is 5.73 Å². The van der Waals surface area contributed by atoms with Crippen molar-refractivity contribution in [3.8, 4) is 0 Å². The standard InChI is InChI=1S/C12H20N4O/c1-16(2)8-4-7-15-10-6-3-5-9(11(10)13)12(14)17/h3,5-6,15H,4,7-8,13H2,1-2H3,(H2,14,17). The Kier molecular flexibility index (Phi) is 4.78. The predicted octanol–water partition coefficient (Wildman–Crippen LogP) is 0.731. The highest BCUT2D eigenvalue weighted by atomic mass is 16.1. The molecule has 5 N–H and O–H groups in total. The number of nitrogens with zero attached hydrogens (tertiary/aromatic N) is 1. The molecule has 0 unspecified atom stereocenters. The zero-order valence-electron chi connectivity index (χ0n) is 10.4. The van der Waals surface area contributed by atoms with Crippen LogP contribution in [0.5, 0.6) is 0 Å². The van der Waals surface area contributed by atoms with Gasteiger partial charge >= 0.3 is 0 Å². The summed E-state index contributed by atoms with van der Waals surface area (Å²) in [5, 5.41) is 3.20. The van der Waals surface area contributed by atoms with E-state index in [4.69, 9.17) is 11.5 Å². The van der Waals surface area contributed by atoms with Crippen LogP contribution in [0.1, 0.15) is 16.8 Å². The first-order valence-electron chi connectivity index (χ1n) is 5.59. The molecule has 1 rings (SSSR count). The van der Waals surface area contributed by atoms with Crippen LogP contribution in [0.4, 0.5) is 11.4 Å². The second-order valence-corrected chi connectivity index (χ2v) is 4.21. The number of carbonyl (C=O) groups excluding carboxylic acids is 1. The van der Waals surface area contributed by atoms with Gasteiger partial charge in [-0.3, -0.25) is 4.79 Å². The van der Waals surface area contributed by atoms with Gasteiger partial charge in [0, 0.05) is 6.54 Å². The van der Waals surface area contributed by atoms with Gasteiger partial charge in [0.05, 0.1) is 16.9 Å². The molecule has 0 aliphatic heterocycles. The van der Waals surface area contributed by atoms with E-state index < -0.39 is 5.91 Å². The largest absolute Gasteiger partial charge is 0.396 e. The van der Waals surface area contributed by atoms with E-state index in [0.29, 0.717) is 11.3 Å². The van der Waals surface area contributed by atoms with Gasteiger partial charge in [0.25, 0.3) is 5.91 Å². The van der Waals surface area contributed by atoms with Crippen LogP contribution in [0, 0.1) is 0 Å². The van der Waals surface area contributed by atoms with Crippen LogP contribution in [0.3, 0.4) is 0 Å². The minimum absolute atomic E-state index is 0.364. The van der Waals surface area contributed by atoms with Crippen molar-refractivity contribution < 1.29 is 4.79 Å². The number of nitrogens with two attached hydrogens (primary N) is 2. The maximum absolute atomic E-state index is 11.1. The zero-order valence-corrected chi connectivity index (χ0v) is 10.4. The SMILES string of the molecule is CN(C)CCCNc1cccc(C(N)=O)c1N. The zero-order chi connectivity index (χ0) is 12.8. The summed E-state index contributed by atoms with van der Waals surface area (Å²) >= 11 is 0. The van der Waals surface area contributed by atoms with Gasteiger partial charge in [0.1, 0.15) is 0 Å². The van der Waals surface area contributed by atoms with Crippen LogP contribution in [0.25, 0.3) is 0 Å². The highest BCUT2D eigenvalue weighted by Gasteiger charge is 2.08. The van der Waals surface area contributed by atoms with Crippen LogP contribution >= 0.6 is 0 Å². The van der Waals surface area contributed by atoms with Gasteiger partial charge in [-0.2, -0.15) is 0 Å². The normalized spacial score (nSPS) is 10.5. The van der Waals surface area contributed by atoms with Gasteiger partial charge < -0.3 is 21.7 Å². The van der Waals surface area contributed by atoms with E-state index in [9.17, 15) is 4.79 Å². The average molecular weight is 236 g/mol. The molecule has 0 saturated heterocycles. The van der Waals surface area contributed by atoms with Crippen LogP contribution in [0.2, 0.25) is 0 Å². The molecule has 0 spiro atoms. The van der Waals surface area contributed by atoms with E-state index >= 15 is 0 Å². The van der Waals surface area contributed by atoms with Crippen LogP contribution in [-0.2, 0) is 0 Å². The van der Waals surface area contributed by atoms with Crippen molar-refractivity contribution in [3.05, 3.63) is 23.8 Å². The Balaban J connectivity index is 2.59. The molecular formula is C12H20N4O. The molecule has 0 radical (unpaired) electrons. The van der Waals surface area contributed by atoms with Gasteiger partial charge in [-0.05, 0) is 39.2 Å². The Morgan fingerprint density at radius 3 is 2.71 bits per heavy atom. The second kappa shape index (κ2) is 6.10. The van der Waals surface area contributed by atoms with Crippen molar-refractivity contribution in [3.63, 3.8) is 0 Å². The Hall–Kier alpha value is -1.75. The molecule has 0 heterocycles. The van der Waals surface area contributed by atoms with Gasteiger partial charge in [-0.25, -0.2) is 0 Å². The predicted molar refractivity (Wildman–Crippen MR) is 71.0 cm³/mol. The Morgan fingerprint density at radius 1 is 1.41 bits per heavy atom. The number of rotatable bonds is 6. The molecule has 0 saturated carbocycles. The van der Waals surface area contributed by atoms with E-state index in [2.05, 4.69) is 10.2 Å². The van der Waals surface area contributed by atoms with E-state index in [-0.39, 0.29) is 0 Å². The molecule has 0 aliphatic rings. The number of nitrogens with one attached hydrogen (secondary N) is 1. The van der Waals surface area contributed by atoms with Crippen molar-refractivity contribution >= 4 is 17.3 Å². The summed E-state index contributed by atoms with van der Waals surface area (Å²) in [7, 11) is 4.06. The minimum atomic E-state index is -0.501. The topological polar surface area (TPSA) is 84.4 Å². The summed E-state index contributed by atoms with van der Waals surface area (Å²) in [5.41, 5.74) is 12.6. The second-order valence-electron chi connectivity index (χ2n) is 4.21. The summed E-state index contributed by atoms with van der Waals surface area (Å²) in [6.07, 6.45) is 1.01. The van der Waals surface area contributed by atoms with Crippen LogP contribution in [-0.4, -0.2) is 38.0 Å². The molecule has 0 aromatic heterocycles. The molecule has 0 aliphatic carbocycles. The lowest BCUT2D eigenvalue weighted by atomic mass is 10.1. The Labute approximate surface area is 102 Å². The van der Waals surface area contributed by atoms with Crippen molar-refractivity contribution in [2.75, 3.05) is 38.2 Å². The summed E-state index contributed by atoms with van der Waals surface area (Å²) in [4.78, 5) is 13.2. The third-order valence-corrected chi connectivity index (χ3v) is 2.47. The van der Waals surface area contributed by atoms with Gasteiger partial charge in [-0.1, -0.05) is 6.07 Å². The fraction of sp³-hybridized carbons (Fsp3) is 0.417.